The van der Waals surface area contributed by atoms with Gasteiger partial charge in [0, 0.05) is 44.4 Å². The number of fused-ring (bicyclic) bond motifs is 1. The summed E-state index contributed by atoms with van der Waals surface area (Å²) in [5, 5.41) is 3.32. The Balaban J connectivity index is 1.80. The molecular weight excluding hydrogens is 263 g/mol. The van der Waals surface area contributed by atoms with Gasteiger partial charge in [-0.25, -0.2) is 4.39 Å². The van der Waals surface area contributed by atoms with E-state index in [4.69, 9.17) is 14.2 Å². The maximum absolute atomic E-state index is 14.0. The third-order valence-corrected chi connectivity index (χ3v) is 3.76. The van der Waals surface area contributed by atoms with Crippen LogP contribution in [0.5, 0.6) is 17.2 Å². The predicted molar refractivity (Wildman–Crippen MR) is 72.1 cm³/mol. The summed E-state index contributed by atoms with van der Waals surface area (Å²) in [6, 6.07) is 1.33. The zero-order valence-electron chi connectivity index (χ0n) is 11.6. The summed E-state index contributed by atoms with van der Waals surface area (Å²) < 4.78 is 29.9. The molecule has 0 radical (unpaired) electrons. The Hall–Kier alpha value is -1.53. The number of hydrogen-bond acceptors (Lipinski definition) is 5. The fourth-order valence-corrected chi connectivity index (χ4v) is 2.71. The first-order valence-corrected chi connectivity index (χ1v) is 6.87. The molecule has 0 aromatic heterocycles. The van der Waals surface area contributed by atoms with Crippen molar-refractivity contribution in [2.45, 2.75) is 6.42 Å². The topological polar surface area (TPSA) is 43.0 Å². The number of rotatable bonds is 4. The number of ether oxygens (including phenoxy) is 3. The highest BCUT2D eigenvalue weighted by atomic mass is 19.1. The molecule has 0 bridgehead atoms. The van der Waals surface area contributed by atoms with Crippen LogP contribution in [0, 0.1) is 5.82 Å². The van der Waals surface area contributed by atoms with Gasteiger partial charge in [-0.1, -0.05) is 0 Å². The van der Waals surface area contributed by atoms with Gasteiger partial charge in [0.05, 0.1) is 7.11 Å². The number of nitrogens with zero attached hydrogens (tertiary/aromatic N) is 1. The van der Waals surface area contributed by atoms with Gasteiger partial charge in [0.15, 0.2) is 23.1 Å². The molecule has 1 fully saturated rings. The lowest BCUT2D eigenvalue weighted by atomic mass is 10.1. The smallest absolute Gasteiger partial charge is 0.231 e. The van der Waals surface area contributed by atoms with E-state index in [0.29, 0.717) is 17.9 Å². The van der Waals surface area contributed by atoms with Gasteiger partial charge in [-0.3, -0.25) is 0 Å². The summed E-state index contributed by atoms with van der Waals surface area (Å²) in [6.45, 7) is 5.02. The van der Waals surface area contributed by atoms with Crippen molar-refractivity contribution in [1.82, 2.24) is 10.2 Å². The lowest BCUT2D eigenvalue weighted by Crippen LogP contribution is -2.44. The fourth-order valence-electron chi connectivity index (χ4n) is 2.71. The Labute approximate surface area is 117 Å². The molecule has 1 saturated heterocycles. The van der Waals surface area contributed by atoms with Crippen molar-refractivity contribution in [3.8, 4) is 17.2 Å². The monoisotopic (exact) mass is 282 g/mol. The van der Waals surface area contributed by atoms with Crippen molar-refractivity contribution in [2.75, 3.05) is 46.6 Å². The Morgan fingerprint density at radius 2 is 2.15 bits per heavy atom. The van der Waals surface area contributed by atoms with Crippen LogP contribution in [0.1, 0.15) is 5.56 Å². The van der Waals surface area contributed by atoms with Crippen LogP contribution < -0.4 is 19.5 Å². The molecule has 0 saturated carbocycles. The second-order valence-corrected chi connectivity index (χ2v) is 4.95. The second-order valence-electron chi connectivity index (χ2n) is 4.95. The zero-order chi connectivity index (χ0) is 13.9. The van der Waals surface area contributed by atoms with Crippen LogP contribution in [0.4, 0.5) is 4.39 Å². The highest BCUT2D eigenvalue weighted by Gasteiger charge is 2.25. The molecule has 20 heavy (non-hydrogen) atoms. The van der Waals surface area contributed by atoms with Crippen molar-refractivity contribution in [1.29, 1.82) is 0 Å². The molecule has 0 amide bonds. The molecule has 2 aliphatic rings. The lowest BCUT2D eigenvalue weighted by Gasteiger charge is -2.27. The van der Waals surface area contributed by atoms with Crippen molar-refractivity contribution in [2.24, 2.45) is 0 Å². The first kappa shape index (κ1) is 13.5. The van der Waals surface area contributed by atoms with Crippen LogP contribution >= 0.6 is 0 Å². The van der Waals surface area contributed by atoms with Gasteiger partial charge < -0.3 is 24.4 Å². The van der Waals surface area contributed by atoms with Crippen molar-refractivity contribution < 1.29 is 18.6 Å². The van der Waals surface area contributed by atoms with Crippen LogP contribution in [0.15, 0.2) is 6.07 Å². The molecule has 1 aromatic carbocycles. The minimum atomic E-state index is -0.396. The fraction of sp³-hybridized carbons (Fsp3) is 0.571. The first-order valence-electron chi connectivity index (χ1n) is 6.87. The van der Waals surface area contributed by atoms with E-state index >= 15 is 0 Å². The summed E-state index contributed by atoms with van der Waals surface area (Å²) in [6.07, 6.45) is 0.687. The molecule has 0 aliphatic carbocycles. The maximum Gasteiger partial charge on any atom is 0.231 e. The molecule has 6 heteroatoms. The summed E-state index contributed by atoms with van der Waals surface area (Å²) in [4.78, 5) is 2.35. The zero-order valence-corrected chi connectivity index (χ0v) is 11.6. The third kappa shape index (κ3) is 2.53. The molecule has 2 heterocycles. The van der Waals surface area contributed by atoms with E-state index in [-0.39, 0.29) is 12.5 Å². The van der Waals surface area contributed by atoms with E-state index in [1.54, 1.807) is 0 Å². The van der Waals surface area contributed by atoms with Gasteiger partial charge in [-0.2, -0.15) is 0 Å². The van der Waals surface area contributed by atoms with Gasteiger partial charge >= 0.3 is 0 Å². The number of nitrogens with one attached hydrogen (secondary N) is 1. The van der Waals surface area contributed by atoms with Crippen LogP contribution in [0.3, 0.4) is 0 Å². The van der Waals surface area contributed by atoms with E-state index in [1.807, 2.05) is 0 Å². The molecule has 110 valence electrons. The average Bonchev–Trinajstić information content (AvgIpc) is 2.93. The molecule has 5 nitrogen and oxygen atoms in total. The second kappa shape index (κ2) is 5.85. The van der Waals surface area contributed by atoms with E-state index in [2.05, 4.69) is 10.2 Å². The van der Waals surface area contributed by atoms with Crippen molar-refractivity contribution in [3.63, 3.8) is 0 Å². The van der Waals surface area contributed by atoms with E-state index in [0.717, 1.165) is 38.3 Å². The molecule has 0 unspecified atom stereocenters. The molecule has 0 atom stereocenters. The Morgan fingerprint density at radius 3 is 2.90 bits per heavy atom. The molecule has 2 aliphatic heterocycles. The van der Waals surface area contributed by atoms with E-state index in [1.165, 1.54) is 13.2 Å². The highest BCUT2D eigenvalue weighted by Crippen LogP contribution is 2.42. The van der Waals surface area contributed by atoms with Crippen molar-refractivity contribution in [3.05, 3.63) is 17.4 Å². The van der Waals surface area contributed by atoms with Crippen LogP contribution in [-0.4, -0.2) is 51.5 Å². The summed E-state index contributed by atoms with van der Waals surface area (Å²) >= 11 is 0. The molecule has 1 aromatic rings. The number of benzene rings is 1. The summed E-state index contributed by atoms with van der Waals surface area (Å²) in [5.74, 6) is 0.966. The SMILES string of the molecule is COc1c(F)cc2c(c1CCN1CCNCC1)OCO2. The van der Waals surface area contributed by atoms with Crippen LogP contribution in [0.2, 0.25) is 0 Å². The third-order valence-electron chi connectivity index (χ3n) is 3.76. The number of hydrogen-bond donors (Lipinski definition) is 1. The maximum atomic E-state index is 14.0. The molecule has 1 N–H and O–H groups in total. The minimum absolute atomic E-state index is 0.141. The first-order chi connectivity index (χ1) is 9.79. The normalized spacial score (nSPS) is 18.3. The quantitative estimate of drug-likeness (QED) is 0.893. The Kier molecular flexibility index (Phi) is 3.93. The summed E-state index contributed by atoms with van der Waals surface area (Å²) in [5.41, 5.74) is 0.763. The van der Waals surface area contributed by atoms with Crippen LogP contribution in [0.25, 0.3) is 0 Å². The van der Waals surface area contributed by atoms with Crippen LogP contribution in [-0.2, 0) is 6.42 Å². The largest absolute Gasteiger partial charge is 0.493 e. The molecule has 3 rings (SSSR count). The van der Waals surface area contributed by atoms with Gasteiger partial charge in [0.1, 0.15) is 0 Å². The number of methoxy groups -OCH3 is 1. The minimum Gasteiger partial charge on any atom is -0.493 e. The number of piperazine rings is 1. The predicted octanol–water partition coefficient (Wildman–Crippen LogP) is 1.01. The van der Waals surface area contributed by atoms with Gasteiger partial charge in [-0.15, -0.1) is 0 Å². The van der Waals surface area contributed by atoms with E-state index < -0.39 is 5.82 Å². The van der Waals surface area contributed by atoms with Gasteiger partial charge in [-0.05, 0) is 6.42 Å². The highest BCUT2D eigenvalue weighted by molar-refractivity contribution is 5.56. The van der Waals surface area contributed by atoms with Gasteiger partial charge in [0.2, 0.25) is 6.79 Å². The lowest BCUT2D eigenvalue weighted by molar-refractivity contribution is 0.172. The standard InChI is InChI=1S/C14H19FN2O3/c1-18-13-10(2-5-17-6-3-16-4-7-17)14-12(8-11(13)15)19-9-20-14/h8,16H,2-7,9H2,1H3. The van der Waals surface area contributed by atoms with Gasteiger partial charge in [0.25, 0.3) is 0 Å². The molecule has 0 spiro atoms. The Bertz CT molecular complexity index is 486. The molecular formula is C14H19FN2O3. The van der Waals surface area contributed by atoms with E-state index in [9.17, 15) is 4.39 Å². The number of halogens is 1. The van der Waals surface area contributed by atoms with Crippen molar-refractivity contribution >= 4 is 0 Å². The Morgan fingerprint density at radius 1 is 1.35 bits per heavy atom. The average molecular weight is 282 g/mol. The summed E-state index contributed by atoms with van der Waals surface area (Å²) in [7, 11) is 1.48.